The molecule has 134 valence electrons. The van der Waals surface area contributed by atoms with Crippen molar-refractivity contribution in [3.8, 4) is 11.5 Å². The largest absolute Gasteiger partial charge is 0.494 e. The van der Waals surface area contributed by atoms with Crippen LogP contribution < -0.4 is 14.8 Å². The van der Waals surface area contributed by atoms with Crippen molar-refractivity contribution in [3.05, 3.63) is 57.5 Å². The summed E-state index contributed by atoms with van der Waals surface area (Å²) in [6.07, 6.45) is 1.68. The first-order valence-electron chi connectivity index (χ1n) is 8.15. The zero-order valence-corrected chi connectivity index (χ0v) is 16.4. The molecule has 0 bridgehead atoms. The fraction of sp³-hybridized carbons (Fsp3) is 0.316. The summed E-state index contributed by atoms with van der Waals surface area (Å²) < 4.78 is 11.8. The molecule has 0 saturated heterocycles. The van der Waals surface area contributed by atoms with Crippen LogP contribution in [0.15, 0.2) is 46.9 Å². The van der Waals surface area contributed by atoms with Crippen molar-refractivity contribution in [2.24, 2.45) is 0 Å². The van der Waals surface area contributed by atoms with Gasteiger partial charge in [-0.3, -0.25) is 4.79 Å². The Kier molecular flexibility index (Phi) is 8.09. The Morgan fingerprint density at radius 1 is 1.16 bits per heavy atom. The average Bonchev–Trinajstić information content (AvgIpc) is 2.59. The Bertz CT molecular complexity index is 709. The number of hydrogen-bond acceptors (Lipinski definition) is 3. The van der Waals surface area contributed by atoms with E-state index in [1.54, 1.807) is 18.2 Å². The topological polar surface area (TPSA) is 47.6 Å². The maximum Gasteiger partial charge on any atom is 0.257 e. The molecule has 2 aromatic carbocycles. The molecular weight excluding hydrogens is 406 g/mol. The van der Waals surface area contributed by atoms with Crippen LogP contribution in [0.5, 0.6) is 11.5 Å². The molecule has 0 atom stereocenters. The Morgan fingerprint density at radius 3 is 2.72 bits per heavy atom. The predicted octanol–water partition coefficient (Wildman–Crippen LogP) is 4.63. The number of para-hydroxylation sites is 1. The van der Waals surface area contributed by atoms with E-state index in [0.29, 0.717) is 23.9 Å². The molecule has 0 heterocycles. The summed E-state index contributed by atoms with van der Waals surface area (Å²) in [6.45, 7) is 3.17. The number of amides is 1. The Morgan fingerprint density at radius 2 is 1.96 bits per heavy atom. The van der Waals surface area contributed by atoms with Crippen molar-refractivity contribution >= 4 is 33.4 Å². The van der Waals surface area contributed by atoms with Crippen molar-refractivity contribution in [1.82, 2.24) is 5.32 Å². The van der Waals surface area contributed by atoms with E-state index in [1.165, 1.54) is 0 Å². The average molecular weight is 427 g/mol. The number of nitrogens with one attached hydrogen (secondary N) is 1. The van der Waals surface area contributed by atoms with Gasteiger partial charge in [-0.15, -0.1) is 0 Å². The lowest BCUT2D eigenvalue weighted by Gasteiger charge is -2.11. The highest BCUT2D eigenvalue weighted by molar-refractivity contribution is 9.10. The van der Waals surface area contributed by atoms with Crippen molar-refractivity contribution < 1.29 is 14.3 Å². The Balaban J connectivity index is 1.70. The van der Waals surface area contributed by atoms with Gasteiger partial charge in [0.2, 0.25) is 0 Å². The van der Waals surface area contributed by atoms with Crippen LogP contribution in [0.1, 0.15) is 18.9 Å². The number of ether oxygens (including phenoxy) is 2. The normalized spacial score (nSPS) is 10.4. The summed E-state index contributed by atoms with van der Waals surface area (Å²) in [5.74, 6) is 1.34. The van der Waals surface area contributed by atoms with Gasteiger partial charge >= 0.3 is 0 Å². The summed E-state index contributed by atoms with van der Waals surface area (Å²) in [7, 11) is 0. The maximum absolute atomic E-state index is 11.9. The monoisotopic (exact) mass is 425 g/mol. The molecule has 2 rings (SSSR count). The number of rotatable bonds is 9. The molecule has 1 N–H and O–H groups in total. The van der Waals surface area contributed by atoms with E-state index in [4.69, 9.17) is 21.1 Å². The fourth-order valence-electron chi connectivity index (χ4n) is 2.30. The molecule has 0 aromatic heterocycles. The van der Waals surface area contributed by atoms with E-state index in [-0.39, 0.29) is 12.5 Å². The highest BCUT2D eigenvalue weighted by atomic mass is 79.9. The van der Waals surface area contributed by atoms with Crippen LogP contribution in [-0.2, 0) is 11.2 Å². The first-order valence-corrected chi connectivity index (χ1v) is 9.32. The third kappa shape index (κ3) is 6.59. The van der Waals surface area contributed by atoms with E-state index in [1.807, 2.05) is 31.2 Å². The summed E-state index contributed by atoms with van der Waals surface area (Å²) >= 11 is 9.23. The number of halogens is 2. The Labute approximate surface area is 161 Å². The molecule has 0 saturated carbocycles. The second-order valence-corrected chi connectivity index (χ2v) is 6.65. The maximum atomic E-state index is 11.9. The summed E-state index contributed by atoms with van der Waals surface area (Å²) in [4.78, 5) is 11.9. The quantitative estimate of drug-likeness (QED) is 0.595. The first kappa shape index (κ1) is 19.6. The van der Waals surface area contributed by atoms with Crippen molar-refractivity contribution in [3.63, 3.8) is 0 Å². The standard InChI is InChI=1S/C19H21BrClNO3/c1-2-24-17-8-4-3-6-14(17)7-5-11-22-19(23)13-25-18-10-9-15(21)12-16(18)20/h3-4,6,8-10,12H,2,5,7,11,13H2,1H3,(H,22,23). The third-order valence-electron chi connectivity index (χ3n) is 3.47. The molecule has 0 fully saturated rings. The molecule has 0 spiro atoms. The van der Waals surface area contributed by atoms with E-state index < -0.39 is 0 Å². The zero-order chi connectivity index (χ0) is 18.1. The third-order valence-corrected chi connectivity index (χ3v) is 4.33. The molecule has 1 amide bonds. The smallest absolute Gasteiger partial charge is 0.257 e. The molecule has 0 aliphatic heterocycles. The van der Waals surface area contributed by atoms with Crippen LogP contribution in [0.2, 0.25) is 5.02 Å². The highest BCUT2D eigenvalue weighted by Crippen LogP contribution is 2.27. The van der Waals surface area contributed by atoms with Gasteiger partial charge in [-0.05, 0) is 65.5 Å². The second-order valence-electron chi connectivity index (χ2n) is 5.36. The van der Waals surface area contributed by atoms with Crippen molar-refractivity contribution in [2.45, 2.75) is 19.8 Å². The van der Waals surface area contributed by atoms with Gasteiger partial charge in [-0.25, -0.2) is 0 Å². The van der Waals surface area contributed by atoms with Gasteiger partial charge < -0.3 is 14.8 Å². The molecule has 4 nitrogen and oxygen atoms in total. The SMILES string of the molecule is CCOc1ccccc1CCCNC(=O)COc1ccc(Cl)cc1Br. The van der Waals surface area contributed by atoms with Crippen LogP contribution in [0, 0.1) is 0 Å². The van der Waals surface area contributed by atoms with Crippen LogP contribution in [0.25, 0.3) is 0 Å². The summed E-state index contributed by atoms with van der Waals surface area (Å²) in [6, 6.07) is 13.1. The summed E-state index contributed by atoms with van der Waals surface area (Å²) in [5.41, 5.74) is 1.15. The van der Waals surface area contributed by atoms with Crippen LogP contribution in [0.3, 0.4) is 0 Å². The van der Waals surface area contributed by atoms with E-state index >= 15 is 0 Å². The van der Waals surface area contributed by atoms with Gasteiger partial charge in [-0.1, -0.05) is 29.8 Å². The predicted molar refractivity (Wildman–Crippen MR) is 104 cm³/mol. The van der Waals surface area contributed by atoms with Gasteiger partial charge in [0.15, 0.2) is 6.61 Å². The lowest BCUT2D eigenvalue weighted by atomic mass is 10.1. The molecule has 0 aliphatic rings. The van der Waals surface area contributed by atoms with Crippen LogP contribution >= 0.6 is 27.5 Å². The first-order chi connectivity index (χ1) is 12.1. The molecule has 0 aliphatic carbocycles. The minimum absolute atomic E-state index is 0.0320. The second kappa shape index (κ2) is 10.3. The lowest BCUT2D eigenvalue weighted by molar-refractivity contribution is -0.123. The van der Waals surface area contributed by atoms with Crippen LogP contribution in [-0.4, -0.2) is 25.7 Å². The van der Waals surface area contributed by atoms with E-state index in [2.05, 4.69) is 21.2 Å². The highest BCUT2D eigenvalue weighted by Gasteiger charge is 2.07. The minimum atomic E-state index is -0.153. The molecule has 6 heteroatoms. The van der Waals surface area contributed by atoms with Crippen molar-refractivity contribution in [2.75, 3.05) is 19.8 Å². The molecule has 25 heavy (non-hydrogen) atoms. The molecular formula is C19H21BrClNO3. The molecule has 0 unspecified atom stereocenters. The lowest BCUT2D eigenvalue weighted by Crippen LogP contribution is -2.30. The van der Waals surface area contributed by atoms with Gasteiger partial charge in [0.25, 0.3) is 5.91 Å². The number of hydrogen-bond donors (Lipinski definition) is 1. The van der Waals surface area contributed by atoms with Crippen molar-refractivity contribution in [1.29, 1.82) is 0 Å². The summed E-state index contributed by atoms with van der Waals surface area (Å²) in [5, 5.41) is 3.47. The molecule has 2 aromatic rings. The number of carbonyl (C=O) groups is 1. The van der Waals surface area contributed by atoms with E-state index in [0.717, 1.165) is 28.6 Å². The number of carbonyl (C=O) groups excluding carboxylic acids is 1. The Hall–Kier alpha value is -1.72. The van der Waals surface area contributed by atoms with Crippen LogP contribution in [0.4, 0.5) is 0 Å². The fourth-order valence-corrected chi connectivity index (χ4v) is 3.10. The van der Waals surface area contributed by atoms with Gasteiger partial charge in [-0.2, -0.15) is 0 Å². The van der Waals surface area contributed by atoms with E-state index in [9.17, 15) is 4.79 Å². The minimum Gasteiger partial charge on any atom is -0.494 e. The number of benzene rings is 2. The van der Waals surface area contributed by atoms with Gasteiger partial charge in [0.1, 0.15) is 11.5 Å². The molecule has 0 radical (unpaired) electrons. The van der Waals surface area contributed by atoms with Gasteiger partial charge in [0, 0.05) is 11.6 Å². The van der Waals surface area contributed by atoms with Gasteiger partial charge in [0.05, 0.1) is 11.1 Å². The number of aryl methyl sites for hydroxylation is 1. The zero-order valence-electron chi connectivity index (χ0n) is 14.1.